The number of alkyl halides is 3. The summed E-state index contributed by atoms with van der Waals surface area (Å²) in [5.41, 5.74) is 0.101. The predicted molar refractivity (Wildman–Crippen MR) is 76.6 cm³/mol. The van der Waals surface area contributed by atoms with Gasteiger partial charge in [0, 0.05) is 6.07 Å². The minimum atomic E-state index is -4.84. The van der Waals surface area contributed by atoms with E-state index in [1.54, 1.807) is 0 Å². The zero-order chi connectivity index (χ0) is 17.9. The molecule has 0 unspecified atom stereocenters. The summed E-state index contributed by atoms with van der Waals surface area (Å²) in [7, 11) is 1.16. The monoisotopic (exact) mass is 341 g/mol. The van der Waals surface area contributed by atoms with Crippen LogP contribution in [0.3, 0.4) is 0 Å². The van der Waals surface area contributed by atoms with Crippen molar-refractivity contribution in [3.05, 3.63) is 58.1 Å². The van der Waals surface area contributed by atoms with Crippen molar-refractivity contribution < 1.29 is 32.4 Å². The van der Waals surface area contributed by atoms with Crippen molar-refractivity contribution >= 4 is 11.7 Å². The molecule has 0 amide bonds. The molecule has 0 saturated carbocycles. The van der Waals surface area contributed by atoms with Gasteiger partial charge in [-0.3, -0.25) is 10.1 Å². The molecule has 0 N–H and O–H groups in total. The molecule has 2 aromatic rings. The Balaban J connectivity index is 2.45. The second kappa shape index (κ2) is 6.57. The third kappa shape index (κ3) is 4.00. The highest BCUT2D eigenvalue weighted by Gasteiger charge is 2.31. The van der Waals surface area contributed by atoms with Gasteiger partial charge in [-0.25, -0.2) is 4.79 Å². The summed E-state index contributed by atoms with van der Waals surface area (Å²) in [4.78, 5) is 22.0. The minimum absolute atomic E-state index is 0.0708. The average molecular weight is 341 g/mol. The second-order valence-corrected chi connectivity index (χ2v) is 4.55. The number of carbonyl (C=O) groups excluding carboxylic acids is 1. The molecule has 24 heavy (non-hydrogen) atoms. The van der Waals surface area contributed by atoms with Crippen LogP contribution in [0.1, 0.15) is 10.4 Å². The van der Waals surface area contributed by atoms with Gasteiger partial charge in [-0.05, 0) is 29.8 Å². The van der Waals surface area contributed by atoms with E-state index in [4.69, 9.17) is 0 Å². The topological polar surface area (TPSA) is 78.7 Å². The Morgan fingerprint density at radius 3 is 2.25 bits per heavy atom. The lowest BCUT2D eigenvalue weighted by molar-refractivity contribution is -0.384. The highest BCUT2D eigenvalue weighted by Crippen LogP contribution is 2.33. The van der Waals surface area contributed by atoms with Crippen LogP contribution in [0.5, 0.6) is 5.75 Å². The Kier molecular flexibility index (Phi) is 4.72. The zero-order valence-electron chi connectivity index (χ0n) is 12.2. The number of ether oxygens (including phenoxy) is 2. The Hall–Kier alpha value is -3.10. The third-order valence-electron chi connectivity index (χ3n) is 3.01. The largest absolute Gasteiger partial charge is 0.573 e. The van der Waals surface area contributed by atoms with Crippen LogP contribution in [-0.4, -0.2) is 24.4 Å². The lowest BCUT2D eigenvalue weighted by Crippen LogP contribution is -2.16. The van der Waals surface area contributed by atoms with Crippen molar-refractivity contribution in [2.45, 2.75) is 6.36 Å². The molecule has 2 aromatic carbocycles. The molecule has 0 radical (unpaired) electrons. The number of benzene rings is 2. The van der Waals surface area contributed by atoms with Gasteiger partial charge >= 0.3 is 12.3 Å². The van der Waals surface area contributed by atoms with Crippen LogP contribution in [0.25, 0.3) is 11.1 Å². The third-order valence-corrected chi connectivity index (χ3v) is 3.01. The first-order valence-electron chi connectivity index (χ1n) is 6.44. The SMILES string of the molecule is COC(=O)c1ccc([N+](=O)[O-])c(-c2ccc(OC(F)(F)F)cc2)c1. The van der Waals surface area contributed by atoms with E-state index in [9.17, 15) is 28.1 Å². The van der Waals surface area contributed by atoms with Crippen molar-refractivity contribution in [2.75, 3.05) is 7.11 Å². The molecule has 0 aromatic heterocycles. The Bertz CT molecular complexity index is 772. The van der Waals surface area contributed by atoms with Gasteiger partial charge in [0.25, 0.3) is 5.69 Å². The molecule has 0 fully saturated rings. The molecule has 0 atom stereocenters. The summed E-state index contributed by atoms with van der Waals surface area (Å²) in [6.07, 6.45) is -4.84. The maximum Gasteiger partial charge on any atom is 0.573 e. The molecule has 0 spiro atoms. The van der Waals surface area contributed by atoms with E-state index in [1.807, 2.05) is 0 Å². The number of hydrogen-bond acceptors (Lipinski definition) is 5. The number of hydrogen-bond donors (Lipinski definition) is 0. The van der Waals surface area contributed by atoms with E-state index >= 15 is 0 Å². The molecule has 0 saturated heterocycles. The molecule has 0 aliphatic rings. The van der Waals surface area contributed by atoms with Gasteiger partial charge in [0.2, 0.25) is 0 Å². The van der Waals surface area contributed by atoms with E-state index in [0.717, 1.165) is 25.3 Å². The van der Waals surface area contributed by atoms with Crippen molar-refractivity contribution in [3.8, 4) is 16.9 Å². The first-order chi connectivity index (χ1) is 11.2. The van der Waals surface area contributed by atoms with E-state index in [-0.39, 0.29) is 22.4 Å². The summed E-state index contributed by atoms with van der Waals surface area (Å²) >= 11 is 0. The Morgan fingerprint density at radius 2 is 1.75 bits per heavy atom. The van der Waals surface area contributed by atoms with Crippen molar-refractivity contribution in [1.29, 1.82) is 0 Å². The van der Waals surface area contributed by atoms with Crippen LogP contribution in [0.4, 0.5) is 18.9 Å². The molecule has 2 rings (SSSR count). The van der Waals surface area contributed by atoms with Crippen molar-refractivity contribution in [1.82, 2.24) is 0 Å². The van der Waals surface area contributed by atoms with E-state index in [0.29, 0.717) is 0 Å². The molecule has 0 aliphatic carbocycles. The molecule has 0 heterocycles. The number of nitro benzene ring substituents is 1. The van der Waals surface area contributed by atoms with Gasteiger partial charge in [-0.15, -0.1) is 13.2 Å². The fourth-order valence-electron chi connectivity index (χ4n) is 2.01. The first-order valence-corrected chi connectivity index (χ1v) is 6.44. The summed E-state index contributed by atoms with van der Waals surface area (Å²) in [6.45, 7) is 0. The lowest BCUT2D eigenvalue weighted by Gasteiger charge is -2.10. The van der Waals surface area contributed by atoms with E-state index in [1.165, 1.54) is 24.3 Å². The summed E-state index contributed by atoms with van der Waals surface area (Å²) in [5, 5.41) is 11.1. The van der Waals surface area contributed by atoms with Crippen LogP contribution in [0.15, 0.2) is 42.5 Å². The van der Waals surface area contributed by atoms with E-state index < -0.39 is 23.0 Å². The maximum absolute atomic E-state index is 12.2. The van der Waals surface area contributed by atoms with Gasteiger partial charge in [0.1, 0.15) is 5.75 Å². The normalized spacial score (nSPS) is 11.0. The standard InChI is InChI=1S/C15H10F3NO5/c1-23-14(20)10-4-7-13(19(21)22)12(8-10)9-2-5-11(6-3-9)24-15(16,17)18/h2-8H,1H3. The number of methoxy groups -OCH3 is 1. The first kappa shape index (κ1) is 17.3. The van der Waals surface area contributed by atoms with E-state index in [2.05, 4.69) is 9.47 Å². The summed E-state index contributed by atoms with van der Waals surface area (Å²) in [6, 6.07) is 8.10. The van der Waals surface area contributed by atoms with Crippen LogP contribution < -0.4 is 4.74 Å². The maximum atomic E-state index is 12.2. The Labute approximate surface area is 133 Å². The van der Waals surface area contributed by atoms with Gasteiger partial charge in [0.05, 0.1) is 23.2 Å². The van der Waals surface area contributed by atoms with Crippen LogP contribution >= 0.6 is 0 Å². The molecular formula is C15H10F3NO5. The highest BCUT2D eigenvalue weighted by molar-refractivity contribution is 5.92. The molecule has 126 valence electrons. The van der Waals surface area contributed by atoms with Crippen LogP contribution in [-0.2, 0) is 4.74 Å². The van der Waals surface area contributed by atoms with Gasteiger partial charge in [0.15, 0.2) is 0 Å². The van der Waals surface area contributed by atoms with Crippen molar-refractivity contribution in [3.63, 3.8) is 0 Å². The number of carbonyl (C=O) groups is 1. The van der Waals surface area contributed by atoms with Crippen LogP contribution in [0, 0.1) is 10.1 Å². The fourth-order valence-corrected chi connectivity index (χ4v) is 2.01. The number of esters is 1. The van der Waals surface area contributed by atoms with Gasteiger partial charge in [-0.2, -0.15) is 0 Å². The van der Waals surface area contributed by atoms with Gasteiger partial charge < -0.3 is 9.47 Å². The number of nitrogens with zero attached hydrogens (tertiary/aromatic N) is 1. The average Bonchev–Trinajstić information content (AvgIpc) is 2.52. The highest BCUT2D eigenvalue weighted by atomic mass is 19.4. The second-order valence-electron chi connectivity index (χ2n) is 4.55. The predicted octanol–water partition coefficient (Wildman–Crippen LogP) is 3.95. The summed E-state index contributed by atoms with van der Waals surface area (Å²) in [5.74, 6) is -1.15. The Morgan fingerprint density at radius 1 is 1.12 bits per heavy atom. The van der Waals surface area contributed by atoms with Gasteiger partial charge in [-0.1, -0.05) is 12.1 Å². The number of rotatable bonds is 4. The molecule has 6 nitrogen and oxygen atoms in total. The van der Waals surface area contributed by atoms with Crippen LogP contribution in [0.2, 0.25) is 0 Å². The van der Waals surface area contributed by atoms with Crippen molar-refractivity contribution in [2.24, 2.45) is 0 Å². The molecular weight excluding hydrogens is 331 g/mol. The molecule has 0 aliphatic heterocycles. The number of nitro groups is 1. The zero-order valence-corrected chi connectivity index (χ0v) is 12.2. The fraction of sp³-hybridized carbons (Fsp3) is 0.133. The quantitative estimate of drug-likeness (QED) is 0.478. The molecule has 9 heteroatoms. The molecule has 0 bridgehead atoms. The minimum Gasteiger partial charge on any atom is -0.465 e. The summed E-state index contributed by atoms with van der Waals surface area (Å²) < 4.78 is 44.7. The number of halogens is 3. The smallest absolute Gasteiger partial charge is 0.465 e. The lowest BCUT2D eigenvalue weighted by atomic mass is 10.0.